The van der Waals surface area contributed by atoms with Gasteiger partial charge in [0.2, 0.25) is 0 Å². The predicted molar refractivity (Wildman–Crippen MR) is 174 cm³/mol. The molecule has 8 rings (SSSR count). The van der Waals surface area contributed by atoms with Crippen molar-refractivity contribution in [2.24, 2.45) is 0 Å². The molecule has 0 radical (unpaired) electrons. The zero-order chi connectivity index (χ0) is 31.0. The van der Waals surface area contributed by atoms with E-state index in [0.29, 0.717) is 18.4 Å². The first kappa shape index (κ1) is 29.6. The van der Waals surface area contributed by atoms with E-state index >= 15 is 0 Å². The van der Waals surface area contributed by atoms with Crippen molar-refractivity contribution >= 4 is 18.7 Å². The van der Waals surface area contributed by atoms with E-state index in [0.717, 1.165) is 29.9 Å². The highest BCUT2D eigenvalue weighted by atomic mass is 16.7. The minimum absolute atomic E-state index is 0.0951. The second-order valence-corrected chi connectivity index (χ2v) is 15.3. The Morgan fingerprint density at radius 2 is 1.52 bits per heavy atom. The molecule has 44 heavy (non-hydrogen) atoms. The monoisotopic (exact) mass is 595 g/mol. The number of hydrogen-bond acceptors (Lipinski definition) is 5. The molecule has 7 nitrogen and oxygen atoms in total. The molecule has 3 aromatic rings. The Morgan fingerprint density at radius 3 is 2.16 bits per heavy atom. The molecule has 1 saturated carbocycles. The van der Waals surface area contributed by atoms with E-state index in [1.54, 1.807) is 4.90 Å². The Bertz CT molecular complexity index is 1550. The number of fused-ring (bicyclic) bond motifs is 2. The molecule has 5 aliphatic rings. The number of imidazole rings is 1. The topological polar surface area (TPSA) is 76.7 Å². The molecule has 3 fully saturated rings. The highest BCUT2D eigenvalue weighted by Crippen LogP contribution is 2.52. The first-order valence-electron chi connectivity index (χ1n) is 16.5. The minimum atomic E-state index is -0.523. The Labute approximate surface area is 262 Å². The van der Waals surface area contributed by atoms with E-state index in [1.165, 1.54) is 53.4 Å². The Balaban J connectivity index is 1.16. The molecule has 8 heteroatoms. The van der Waals surface area contributed by atoms with Crippen LogP contribution in [0, 0.1) is 0 Å². The predicted octanol–water partition coefficient (Wildman–Crippen LogP) is 7.87. The zero-order valence-corrected chi connectivity index (χ0v) is 27.3. The summed E-state index contributed by atoms with van der Waals surface area (Å²) in [7, 11) is -0.329. The lowest BCUT2D eigenvalue weighted by Crippen LogP contribution is -2.41. The number of rotatable bonds is 4. The lowest BCUT2D eigenvalue weighted by Gasteiger charge is -2.41. The number of hydrogen-bond donors (Lipinski definition) is 1. The smallest absolute Gasteiger partial charge is 0.444 e. The van der Waals surface area contributed by atoms with Crippen LogP contribution in [0.15, 0.2) is 42.6 Å². The van der Waals surface area contributed by atoms with Gasteiger partial charge in [-0.2, -0.15) is 0 Å². The molecule has 1 amide bonds. The summed E-state index contributed by atoms with van der Waals surface area (Å²) in [6, 6.07) is 13.3. The second kappa shape index (κ2) is 10.5. The summed E-state index contributed by atoms with van der Waals surface area (Å²) in [5.74, 6) is 1.97. The van der Waals surface area contributed by atoms with Crippen molar-refractivity contribution in [2.45, 2.75) is 122 Å². The number of nitrogens with one attached hydrogen (secondary N) is 1. The van der Waals surface area contributed by atoms with Gasteiger partial charge in [0.15, 0.2) is 0 Å². The van der Waals surface area contributed by atoms with E-state index in [4.69, 9.17) is 19.0 Å². The largest absolute Gasteiger partial charge is 0.495 e. The summed E-state index contributed by atoms with van der Waals surface area (Å²) < 4.78 is 18.8. The molecule has 3 aliphatic carbocycles. The van der Waals surface area contributed by atoms with Crippen LogP contribution in [0.4, 0.5) is 4.79 Å². The number of likely N-dealkylation sites (tertiary alicyclic amines) is 1. The number of carbonyl (C=O) groups is 1. The van der Waals surface area contributed by atoms with Crippen molar-refractivity contribution in [2.75, 3.05) is 6.54 Å². The molecule has 1 aromatic heterocycles. The third-order valence-corrected chi connectivity index (χ3v) is 10.7. The summed E-state index contributed by atoms with van der Waals surface area (Å²) in [5, 5.41) is 0. The molecule has 1 N–H and O–H groups in total. The summed E-state index contributed by atoms with van der Waals surface area (Å²) in [5.41, 5.74) is 7.61. The van der Waals surface area contributed by atoms with Crippen LogP contribution in [0.3, 0.4) is 0 Å². The number of benzene rings is 2. The van der Waals surface area contributed by atoms with Gasteiger partial charge in [-0.25, -0.2) is 9.78 Å². The van der Waals surface area contributed by atoms with Crippen LogP contribution in [0.2, 0.25) is 0 Å². The summed E-state index contributed by atoms with van der Waals surface area (Å²) in [6.07, 6.45) is 8.44. The SMILES string of the molecule is CC(C)(C)OC(=O)N1CCC[C@H]1c1ncc(-c2ccc(-c3ccc(B4OC(C)(C)C(C)(C)O4)c4c3C3CCC4CC3)cc2)[nH]1. The average molecular weight is 596 g/mol. The molecule has 0 spiro atoms. The molecule has 232 valence electrons. The van der Waals surface area contributed by atoms with Crippen molar-refractivity contribution in [1.29, 1.82) is 0 Å². The number of ether oxygens (including phenoxy) is 1. The van der Waals surface area contributed by atoms with Crippen LogP contribution in [0.5, 0.6) is 0 Å². The van der Waals surface area contributed by atoms with Gasteiger partial charge in [-0.3, -0.25) is 4.90 Å². The quantitative estimate of drug-likeness (QED) is 0.311. The van der Waals surface area contributed by atoms with E-state index in [9.17, 15) is 4.79 Å². The fourth-order valence-corrected chi connectivity index (χ4v) is 7.72. The zero-order valence-electron chi connectivity index (χ0n) is 27.3. The van der Waals surface area contributed by atoms with Crippen molar-refractivity contribution in [1.82, 2.24) is 14.9 Å². The van der Waals surface area contributed by atoms with E-state index in [-0.39, 0.29) is 30.5 Å². The van der Waals surface area contributed by atoms with Gasteiger partial charge in [0.05, 0.1) is 29.1 Å². The van der Waals surface area contributed by atoms with Crippen molar-refractivity contribution in [3.05, 3.63) is 59.5 Å². The van der Waals surface area contributed by atoms with Gasteiger partial charge in [0.1, 0.15) is 11.4 Å². The Kier molecular flexibility index (Phi) is 7.05. The normalized spacial score (nSPS) is 25.4. The fraction of sp³-hybridized carbons (Fsp3) is 0.556. The lowest BCUT2D eigenvalue weighted by atomic mass is 9.59. The molecule has 2 aliphatic heterocycles. The van der Waals surface area contributed by atoms with E-state index in [2.05, 4.69) is 69.1 Å². The van der Waals surface area contributed by atoms with Crippen molar-refractivity contribution in [3.63, 3.8) is 0 Å². The average Bonchev–Trinajstić information content (AvgIpc) is 3.70. The third-order valence-electron chi connectivity index (χ3n) is 10.7. The summed E-state index contributed by atoms with van der Waals surface area (Å²) in [4.78, 5) is 22.9. The first-order valence-corrected chi connectivity index (χ1v) is 16.5. The van der Waals surface area contributed by atoms with E-state index < -0.39 is 5.60 Å². The van der Waals surface area contributed by atoms with Gasteiger partial charge in [-0.05, 0) is 132 Å². The van der Waals surface area contributed by atoms with Crippen LogP contribution < -0.4 is 5.46 Å². The Morgan fingerprint density at radius 1 is 0.909 bits per heavy atom. The van der Waals surface area contributed by atoms with Crippen molar-refractivity contribution < 1.29 is 18.8 Å². The van der Waals surface area contributed by atoms with Crippen LogP contribution in [-0.4, -0.2) is 51.4 Å². The maximum absolute atomic E-state index is 12.8. The molecular weight excluding hydrogens is 549 g/mol. The number of aromatic nitrogens is 2. The van der Waals surface area contributed by atoms with Crippen LogP contribution in [-0.2, 0) is 14.0 Å². The number of carbonyl (C=O) groups excluding carboxylic acids is 1. The maximum Gasteiger partial charge on any atom is 0.495 e. The standard InChI is InChI=1S/C36H46BN3O4/c1-34(2,3)42-33(41)40-20-8-9-29(40)32-38-21-28(39-32)23-12-10-22(11-13-23)26-18-19-27(37-43-35(4,5)36(6,7)44-37)31-25-16-14-24(15-17-25)30(26)31/h10-13,18-19,21,24-25,29H,8-9,14-17,20H2,1-7H3,(H,38,39)/t24?,25?,29-/m0/s1. The molecule has 2 aromatic carbocycles. The van der Waals surface area contributed by atoms with Crippen LogP contribution in [0.1, 0.15) is 122 Å². The van der Waals surface area contributed by atoms with Gasteiger partial charge < -0.3 is 19.0 Å². The lowest BCUT2D eigenvalue weighted by molar-refractivity contribution is 0.00578. The van der Waals surface area contributed by atoms with Gasteiger partial charge in [-0.1, -0.05) is 36.4 Å². The van der Waals surface area contributed by atoms with E-state index in [1.807, 2.05) is 27.0 Å². The maximum atomic E-state index is 12.8. The van der Waals surface area contributed by atoms with Gasteiger partial charge in [0, 0.05) is 6.54 Å². The van der Waals surface area contributed by atoms with Gasteiger partial charge >= 0.3 is 13.2 Å². The summed E-state index contributed by atoms with van der Waals surface area (Å²) in [6.45, 7) is 14.9. The number of amides is 1. The highest BCUT2D eigenvalue weighted by molar-refractivity contribution is 6.62. The molecule has 0 unspecified atom stereocenters. The fourth-order valence-electron chi connectivity index (χ4n) is 7.72. The highest BCUT2D eigenvalue weighted by Gasteiger charge is 2.53. The molecule has 3 heterocycles. The minimum Gasteiger partial charge on any atom is -0.444 e. The molecule has 2 saturated heterocycles. The van der Waals surface area contributed by atoms with Crippen molar-refractivity contribution in [3.8, 4) is 22.4 Å². The first-order chi connectivity index (χ1) is 20.8. The number of aromatic amines is 1. The summed E-state index contributed by atoms with van der Waals surface area (Å²) >= 11 is 0. The number of H-pyrrole nitrogens is 1. The van der Waals surface area contributed by atoms with Crippen LogP contribution >= 0.6 is 0 Å². The molecule has 1 atom stereocenters. The second-order valence-electron chi connectivity index (χ2n) is 15.3. The number of nitrogens with zero attached hydrogens (tertiary/aromatic N) is 2. The molecular formula is C36H46BN3O4. The van der Waals surface area contributed by atoms with Gasteiger partial charge in [-0.15, -0.1) is 0 Å². The Hall–Kier alpha value is -3.10. The van der Waals surface area contributed by atoms with Gasteiger partial charge in [0.25, 0.3) is 0 Å². The molecule has 2 bridgehead atoms. The third kappa shape index (κ3) is 5.08. The van der Waals surface area contributed by atoms with Crippen LogP contribution in [0.25, 0.3) is 22.4 Å².